The Hall–Kier alpha value is -2.14. The lowest BCUT2D eigenvalue weighted by atomic mass is 10.3. The Morgan fingerprint density at radius 2 is 1.86 bits per heavy atom. The van der Waals surface area contributed by atoms with Crippen molar-refractivity contribution in [3.05, 3.63) is 48.5 Å². The minimum Gasteiger partial charge on any atom is -0.497 e. The summed E-state index contributed by atoms with van der Waals surface area (Å²) >= 11 is 1.44. The number of methoxy groups -OCH3 is 1. The summed E-state index contributed by atoms with van der Waals surface area (Å²) in [5.41, 5.74) is 7.32. The van der Waals surface area contributed by atoms with Crippen LogP contribution in [0.15, 0.2) is 53.4 Å². The van der Waals surface area contributed by atoms with Crippen LogP contribution in [0.4, 0.5) is 11.4 Å². The molecule has 2 aromatic carbocycles. The molecule has 0 aliphatic carbocycles. The average Bonchev–Trinajstić information content (AvgIpc) is 2.50. The summed E-state index contributed by atoms with van der Waals surface area (Å²) in [6, 6.07) is 14.8. The second-order valence-corrected chi connectivity index (χ2v) is 5.90. The van der Waals surface area contributed by atoms with Crippen molar-refractivity contribution in [1.82, 2.24) is 0 Å². The van der Waals surface area contributed by atoms with Crippen molar-refractivity contribution in [3.63, 3.8) is 0 Å². The van der Waals surface area contributed by atoms with Crippen LogP contribution in [0.25, 0.3) is 0 Å². The number of benzene rings is 2. The van der Waals surface area contributed by atoms with Crippen molar-refractivity contribution < 1.29 is 9.53 Å². The fourth-order valence-corrected chi connectivity index (χ4v) is 2.66. The van der Waals surface area contributed by atoms with E-state index in [-0.39, 0.29) is 11.2 Å². The minimum atomic E-state index is -0.239. The highest BCUT2D eigenvalue weighted by molar-refractivity contribution is 8.00. The number of thioether (sulfide) groups is 1. The van der Waals surface area contributed by atoms with E-state index in [2.05, 4.69) is 5.32 Å². The van der Waals surface area contributed by atoms with Gasteiger partial charge >= 0.3 is 0 Å². The number of ether oxygens (including phenoxy) is 1. The van der Waals surface area contributed by atoms with Gasteiger partial charge < -0.3 is 15.8 Å². The fraction of sp³-hybridized carbons (Fsp3) is 0.188. The number of hydrogen-bond acceptors (Lipinski definition) is 4. The van der Waals surface area contributed by atoms with Gasteiger partial charge in [0, 0.05) is 16.3 Å². The van der Waals surface area contributed by atoms with Crippen LogP contribution in [0.5, 0.6) is 5.75 Å². The maximum absolute atomic E-state index is 12.2. The Bertz CT molecular complexity index is 614. The van der Waals surface area contributed by atoms with Crippen LogP contribution < -0.4 is 15.8 Å². The maximum Gasteiger partial charge on any atom is 0.237 e. The van der Waals surface area contributed by atoms with Gasteiger partial charge in [0.2, 0.25) is 5.91 Å². The van der Waals surface area contributed by atoms with Gasteiger partial charge in [-0.05, 0) is 43.3 Å². The Morgan fingerprint density at radius 1 is 1.19 bits per heavy atom. The quantitative estimate of drug-likeness (QED) is 0.656. The summed E-state index contributed by atoms with van der Waals surface area (Å²) in [6.07, 6.45) is 0. The lowest BCUT2D eigenvalue weighted by Crippen LogP contribution is -2.22. The first kappa shape index (κ1) is 15.3. The molecule has 0 aliphatic heterocycles. The zero-order chi connectivity index (χ0) is 15.2. The Labute approximate surface area is 128 Å². The zero-order valence-electron chi connectivity index (χ0n) is 12.0. The average molecular weight is 302 g/mol. The van der Waals surface area contributed by atoms with Gasteiger partial charge in [-0.1, -0.05) is 12.1 Å². The molecule has 3 N–H and O–H groups in total. The number of nitrogens with two attached hydrogens (primary N) is 1. The maximum atomic E-state index is 12.2. The highest BCUT2D eigenvalue weighted by Crippen LogP contribution is 2.29. The van der Waals surface area contributed by atoms with E-state index in [1.165, 1.54) is 11.8 Å². The van der Waals surface area contributed by atoms with Gasteiger partial charge in [0.15, 0.2) is 0 Å². The normalized spacial score (nSPS) is 11.7. The Kier molecular flexibility index (Phi) is 5.11. The van der Waals surface area contributed by atoms with E-state index in [1.54, 1.807) is 7.11 Å². The van der Waals surface area contributed by atoms with E-state index in [1.807, 2.05) is 55.5 Å². The van der Waals surface area contributed by atoms with Gasteiger partial charge in [-0.2, -0.15) is 0 Å². The highest BCUT2D eigenvalue weighted by Gasteiger charge is 2.15. The first-order valence-corrected chi connectivity index (χ1v) is 7.44. The molecule has 21 heavy (non-hydrogen) atoms. The fourth-order valence-electron chi connectivity index (χ4n) is 1.75. The molecule has 1 unspecified atom stereocenters. The largest absolute Gasteiger partial charge is 0.497 e. The predicted molar refractivity (Wildman–Crippen MR) is 87.8 cm³/mol. The van der Waals surface area contributed by atoms with Crippen LogP contribution in [0.1, 0.15) is 6.92 Å². The first-order valence-electron chi connectivity index (χ1n) is 6.56. The molecule has 5 heteroatoms. The molecule has 2 rings (SSSR count). The molecule has 1 atom stereocenters. The standard InChI is InChI=1S/C16H18N2O2S/c1-11(21-15-6-4-3-5-14(15)17)16(19)18-12-7-9-13(20-2)10-8-12/h3-11H,17H2,1-2H3,(H,18,19). The third kappa shape index (κ3) is 4.16. The molecular weight excluding hydrogens is 284 g/mol. The number of para-hydroxylation sites is 1. The van der Waals surface area contributed by atoms with Crippen LogP contribution in [-0.4, -0.2) is 18.3 Å². The molecule has 0 saturated carbocycles. The van der Waals surface area contributed by atoms with Gasteiger partial charge in [0.25, 0.3) is 0 Å². The van der Waals surface area contributed by atoms with Crippen molar-refractivity contribution in [2.75, 3.05) is 18.2 Å². The van der Waals surface area contributed by atoms with Crippen molar-refractivity contribution in [1.29, 1.82) is 0 Å². The monoisotopic (exact) mass is 302 g/mol. The van der Waals surface area contributed by atoms with E-state index in [0.29, 0.717) is 5.69 Å². The molecule has 0 fully saturated rings. The predicted octanol–water partition coefficient (Wildman–Crippen LogP) is 3.40. The molecule has 0 spiro atoms. The van der Waals surface area contributed by atoms with E-state index in [4.69, 9.17) is 10.5 Å². The molecule has 0 aromatic heterocycles. The third-order valence-electron chi connectivity index (χ3n) is 2.95. The van der Waals surface area contributed by atoms with Crippen molar-refractivity contribution >= 4 is 29.0 Å². The Balaban J connectivity index is 1.97. The summed E-state index contributed by atoms with van der Waals surface area (Å²) in [5, 5.41) is 2.64. The van der Waals surface area contributed by atoms with Crippen LogP contribution in [0, 0.1) is 0 Å². The van der Waals surface area contributed by atoms with Gasteiger partial charge in [-0.25, -0.2) is 0 Å². The number of nitrogens with one attached hydrogen (secondary N) is 1. The van der Waals surface area contributed by atoms with Crippen LogP contribution in [-0.2, 0) is 4.79 Å². The second-order valence-electron chi connectivity index (χ2n) is 4.52. The molecule has 0 heterocycles. The molecule has 1 amide bonds. The summed E-state index contributed by atoms with van der Waals surface area (Å²) < 4.78 is 5.08. The molecule has 110 valence electrons. The number of carbonyl (C=O) groups excluding carboxylic acids is 1. The lowest BCUT2D eigenvalue weighted by molar-refractivity contribution is -0.115. The van der Waals surface area contributed by atoms with Crippen molar-refractivity contribution in [2.45, 2.75) is 17.1 Å². The number of anilines is 2. The van der Waals surface area contributed by atoms with Crippen molar-refractivity contribution in [3.8, 4) is 5.75 Å². The van der Waals surface area contributed by atoms with Gasteiger partial charge in [0.05, 0.1) is 12.4 Å². The molecule has 0 bridgehead atoms. The van der Waals surface area contributed by atoms with Crippen LogP contribution in [0.3, 0.4) is 0 Å². The van der Waals surface area contributed by atoms with Crippen LogP contribution in [0.2, 0.25) is 0 Å². The summed E-state index contributed by atoms with van der Waals surface area (Å²) in [5.74, 6) is 0.695. The molecule has 2 aromatic rings. The number of carbonyl (C=O) groups is 1. The minimum absolute atomic E-state index is 0.0616. The summed E-state index contributed by atoms with van der Waals surface area (Å²) in [7, 11) is 1.61. The smallest absolute Gasteiger partial charge is 0.237 e. The topological polar surface area (TPSA) is 64.3 Å². The zero-order valence-corrected chi connectivity index (χ0v) is 12.8. The van der Waals surface area contributed by atoms with E-state index < -0.39 is 0 Å². The molecule has 0 saturated heterocycles. The summed E-state index contributed by atoms with van der Waals surface area (Å²) in [4.78, 5) is 13.1. The number of rotatable bonds is 5. The third-order valence-corrected chi connectivity index (χ3v) is 4.14. The highest BCUT2D eigenvalue weighted by atomic mass is 32.2. The second kappa shape index (κ2) is 7.04. The summed E-state index contributed by atoms with van der Waals surface area (Å²) in [6.45, 7) is 1.86. The number of amides is 1. The molecular formula is C16H18N2O2S. The van der Waals surface area contributed by atoms with Gasteiger partial charge in [0.1, 0.15) is 5.75 Å². The van der Waals surface area contributed by atoms with Crippen molar-refractivity contribution in [2.24, 2.45) is 0 Å². The van der Waals surface area contributed by atoms with E-state index in [0.717, 1.165) is 16.3 Å². The lowest BCUT2D eigenvalue weighted by Gasteiger charge is -2.13. The SMILES string of the molecule is COc1ccc(NC(=O)C(C)Sc2ccccc2N)cc1. The number of nitrogen functional groups attached to an aromatic ring is 1. The van der Waals surface area contributed by atoms with Gasteiger partial charge in [-0.15, -0.1) is 11.8 Å². The molecule has 0 aliphatic rings. The van der Waals surface area contributed by atoms with Crippen LogP contribution >= 0.6 is 11.8 Å². The number of hydrogen-bond donors (Lipinski definition) is 2. The van der Waals surface area contributed by atoms with E-state index in [9.17, 15) is 4.79 Å². The molecule has 0 radical (unpaired) electrons. The van der Waals surface area contributed by atoms with E-state index >= 15 is 0 Å². The molecule has 4 nitrogen and oxygen atoms in total. The van der Waals surface area contributed by atoms with Gasteiger partial charge in [-0.3, -0.25) is 4.79 Å². The Morgan fingerprint density at radius 3 is 2.48 bits per heavy atom. The first-order chi connectivity index (χ1) is 10.1.